The highest BCUT2D eigenvalue weighted by atomic mass is 19.1. The van der Waals surface area contributed by atoms with Crippen LogP contribution in [-0.4, -0.2) is 66.6 Å². The first kappa shape index (κ1) is 21.3. The summed E-state index contributed by atoms with van der Waals surface area (Å²) in [5.74, 6) is 0.566. The van der Waals surface area contributed by atoms with Gasteiger partial charge in [-0.05, 0) is 37.1 Å². The Hall–Kier alpha value is -2.45. The molecule has 7 nitrogen and oxygen atoms in total. The van der Waals surface area contributed by atoms with E-state index in [1.165, 1.54) is 6.07 Å². The highest BCUT2D eigenvalue weighted by molar-refractivity contribution is 5.79. The topological polar surface area (TPSA) is 66.7 Å². The van der Waals surface area contributed by atoms with Gasteiger partial charge in [-0.15, -0.1) is 0 Å². The molecule has 0 saturated carbocycles. The van der Waals surface area contributed by atoms with Gasteiger partial charge in [-0.25, -0.2) is 4.39 Å². The van der Waals surface area contributed by atoms with Crippen molar-refractivity contribution in [2.75, 3.05) is 45.9 Å². The summed E-state index contributed by atoms with van der Waals surface area (Å²) in [6.07, 6.45) is 4.70. The standard InChI is InChI=1S/C21H31FN6O/c1-2-23-21(24-8-4-10-28-11-5-9-26-28)25-17-20(27-12-14-29-15-13-27)18-6-3-7-19(22)16-18/h3,5-7,9,11,16,20H,2,4,8,10,12-15,17H2,1H3,(H2,23,24,25). The summed E-state index contributed by atoms with van der Waals surface area (Å²) in [6.45, 7) is 8.09. The van der Waals surface area contributed by atoms with Gasteiger partial charge in [-0.1, -0.05) is 12.1 Å². The van der Waals surface area contributed by atoms with Gasteiger partial charge in [0.15, 0.2) is 5.96 Å². The van der Waals surface area contributed by atoms with Crippen LogP contribution in [0, 0.1) is 5.82 Å². The summed E-state index contributed by atoms with van der Waals surface area (Å²) in [4.78, 5) is 7.12. The van der Waals surface area contributed by atoms with Gasteiger partial charge in [-0.3, -0.25) is 14.6 Å². The molecule has 1 unspecified atom stereocenters. The Morgan fingerprint density at radius 1 is 1.28 bits per heavy atom. The van der Waals surface area contributed by atoms with E-state index in [-0.39, 0.29) is 11.9 Å². The number of hydrogen-bond donors (Lipinski definition) is 2. The SMILES string of the molecule is CCNC(=NCC(c1cccc(F)c1)N1CCOCC1)NCCCn1cccn1. The maximum Gasteiger partial charge on any atom is 0.191 e. The first-order valence-electron chi connectivity index (χ1n) is 10.3. The second-order valence-electron chi connectivity index (χ2n) is 6.99. The van der Waals surface area contributed by atoms with E-state index >= 15 is 0 Å². The Morgan fingerprint density at radius 3 is 2.86 bits per heavy atom. The van der Waals surface area contributed by atoms with Crippen molar-refractivity contribution >= 4 is 5.96 Å². The van der Waals surface area contributed by atoms with Crippen LogP contribution in [0.1, 0.15) is 24.9 Å². The van der Waals surface area contributed by atoms with Crippen molar-refractivity contribution < 1.29 is 9.13 Å². The van der Waals surface area contributed by atoms with Gasteiger partial charge in [-0.2, -0.15) is 5.10 Å². The average Bonchev–Trinajstić information content (AvgIpc) is 3.26. The summed E-state index contributed by atoms with van der Waals surface area (Å²) in [6, 6.07) is 8.78. The smallest absolute Gasteiger partial charge is 0.191 e. The van der Waals surface area contributed by atoms with Crippen LogP contribution in [0.3, 0.4) is 0 Å². The van der Waals surface area contributed by atoms with Gasteiger partial charge in [0.1, 0.15) is 5.82 Å². The minimum Gasteiger partial charge on any atom is -0.379 e. The van der Waals surface area contributed by atoms with Crippen LogP contribution in [-0.2, 0) is 11.3 Å². The summed E-state index contributed by atoms with van der Waals surface area (Å²) in [5.41, 5.74) is 0.949. The van der Waals surface area contributed by atoms with E-state index in [4.69, 9.17) is 9.73 Å². The van der Waals surface area contributed by atoms with Crippen molar-refractivity contribution in [3.63, 3.8) is 0 Å². The number of hydrogen-bond acceptors (Lipinski definition) is 4. The molecule has 2 aromatic rings. The highest BCUT2D eigenvalue weighted by Gasteiger charge is 2.23. The first-order valence-corrected chi connectivity index (χ1v) is 10.3. The second kappa shape index (κ2) is 11.5. The molecule has 1 aliphatic heterocycles. The van der Waals surface area contributed by atoms with E-state index in [1.807, 2.05) is 29.9 Å². The molecular weight excluding hydrogens is 371 g/mol. The van der Waals surface area contributed by atoms with Crippen LogP contribution in [0.2, 0.25) is 0 Å². The number of nitrogens with zero attached hydrogens (tertiary/aromatic N) is 4. The zero-order valence-electron chi connectivity index (χ0n) is 17.1. The molecule has 158 valence electrons. The molecule has 2 N–H and O–H groups in total. The molecule has 1 saturated heterocycles. The minimum atomic E-state index is -0.214. The van der Waals surface area contributed by atoms with Gasteiger partial charge < -0.3 is 15.4 Å². The highest BCUT2D eigenvalue weighted by Crippen LogP contribution is 2.23. The van der Waals surface area contributed by atoms with Gasteiger partial charge in [0.2, 0.25) is 0 Å². The lowest BCUT2D eigenvalue weighted by atomic mass is 10.0. The number of aromatic nitrogens is 2. The van der Waals surface area contributed by atoms with Crippen LogP contribution in [0.4, 0.5) is 4.39 Å². The quantitative estimate of drug-likeness (QED) is 0.382. The molecule has 1 aromatic carbocycles. The number of nitrogens with one attached hydrogen (secondary N) is 2. The van der Waals surface area contributed by atoms with Gasteiger partial charge in [0.25, 0.3) is 0 Å². The number of aliphatic imine (C=N–C) groups is 1. The van der Waals surface area contributed by atoms with E-state index in [0.717, 1.165) is 50.7 Å². The van der Waals surface area contributed by atoms with Crippen molar-refractivity contribution in [3.8, 4) is 0 Å². The zero-order chi connectivity index (χ0) is 20.3. The number of rotatable bonds is 9. The van der Waals surface area contributed by atoms with Crippen molar-refractivity contribution in [2.45, 2.75) is 25.9 Å². The Morgan fingerprint density at radius 2 is 2.14 bits per heavy atom. The predicted molar refractivity (Wildman–Crippen MR) is 112 cm³/mol. The summed E-state index contributed by atoms with van der Waals surface area (Å²) in [5, 5.41) is 10.9. The number of morpholine rings is 1. The molecule has 0 amide bonds. The molecule has 1 aromatic heterocycles. The van der Waals surface area contributed by atoms with Gasteiger partial charge in [0.05, 0.1) is 25.8 Å². The minimum absolute atomic E-state index is 0.0223. The zero-order valence-corrected chi connectivity index (χ0v) is 17.1. The maximum atomic E-state index is 13.8. The molecule has 3 rings (SSSR count). The van der Waals surface area contributed by atoms with Gasteiger partial charge >= 0.3 is 0 Å². The number of aryl methyl sites for hydroxylation is 1. The first-order chi connectivity index (χ1) is 14.3. The second-order valence-corrected chi connectivity index (χ2v) is 6.99. The summed E-state index contributed by atoms with van der Waals surface area (Å²) < 4.78 is 21.2. The molecule has 0 bridgehead atoms. The number of benzene rings is 1. The van der Waals surface area contributed by atoms with E-state index < -0.39 is 0 Å². The van der Waals surface area contributed by atoms with Crippen LogP contribution < -0.4 is 10.6 Å². The summed E-state index contributed by atoms with van der Waals surface area (Å²) in [7, 11) is 0. The van der Waals surface area contributed by atoms with Crippen LogP contribution >= 0.6 is 0 Å². The lowest BCUT2D eigenvalue weighted by molar-refractivity contribution is 0.0179. The van der Waals surface area contributed by atoms with Crippen molar-refractivity contribution in [1.82, 2.24) is 25.3 Å². The fraction of sp³-hybridized carbons (Fsp3) is 0.524. The number of guanidine groups is 1. The van der Waals surface area contributed by atoms with E-state index in [9.17, 15) is 4.39 Å². The molecule has 1 aliphatic rings. The molecule has 8 heteroatoms. The molecular formula is C21H31FN6O. The van der Waals surface area contributed by atoms with E-state index in [1.54, 1.807) is 18.3 Å². The Balaban J connectivity index is 1.62. The van der Waals surface area contributed by atoms with Crippen LogP contribution in [0.15, 0.2) is 47.7 Å². The molecule has 0 radical (unpaired) electrons. The van der Waals surface area contributed by atoms with Crippen LogP contribution in [0.25, 0.3) is 0 Å². The third kappa shape index (κ3) is 6.83. The molecule has 0 aliphatic carbocycles. The molecule has 1 fully saturated rings. The third-order valence-corrected chi connectivity index (χ3v) is 4.90. The normalized spacial score (nSPS) is 16.6. The Kier molecular flexibility index (Phi) is 8.45. The molecule has 0 spiro atoms. The molecule has 2 heterocycles. The molecule has 1 atom stereocenters. The maximum absolute atomic E-state index is 13.8. The van der Waals surface area contributed by atoms with Crippen molar-refractivity contribution in [3.05, 3.63) is 54.1 Å². The third-order valence-electron chi connectivity index (χ3n) is 4.90. The van der Waals surface area contributed by atoms with Crippen molar-refractivity contribution in [1.29, 1.82) is 0 Å². The van der Waals surface area contributed by atoms with E-state index in [2.05, 4.69) is 20.6 Å². The molecule has 29 heavy (non-hydrogen) atoms. The fourth-order valence-electron chi connectivity index (χ4n) is 3.43. The van der Waals surface area contributed by atoms with Crippen molar-refractivity contribution in [2.24, 2.45) is 4.99 Å². The lowest BCUT2D eigenvalue weighted by Crippen LogP contribution is -2.42. The fourth-order valence-corrected chi connectivity index (χ4v) is 3.43. The number of halogens is 1. The lowest BCUT2D eigenvalue weighted by Gasteiger charge is -2.34. The number of ether oxygens (including phenoxy) is 1. The van der Waals surface area contributed by atoms with E-state index in [0.29, 0.717) is 19.8 Å². The monoisotopic (exact) mass is 402 g/mol. The Bertz CT molecular complexity index is 745. The Labute approximate surface area is 172 Å². The average molecular weight is 403 g/mol. The van der Waals surface area contributed by atoms with Gasteiger partial charge in [0, 0.05) is 45.1 Å². The largest absolute Gasteiger partial charge is 0.379 e. The predicted octanol–water partition coefficient (Wildman–Crippen LogP) is 2.04. The summed E-state index contributed by atoms with van der Waals surface area (Å²) >= 11 is 0. The van der Waals surface area contributed by atoms with Crippen LogP contribution in [0.5, 0.6) is 0 Å².